The Hall–Kier alpha value is -3.87. The van der Waals surface area contributed by atoms with Crippen molar-refractivity contribution in [1.29, 1.82) is 0 Å². The van der Waals surface area contributed by atoms with Crippen LogP contribution in [-0.4, -0.2) is 18.0 Å². The van der Waals surface area contributed by atoms with E-state index in [0.717, 1.165) is 28.8 Å². The molecule has 0 unspecified atom stereocenters. The summed E-state index contributed by atoms with van der Waals surface area (Å²) in [7, 11) is 1.58. The maximum absolute atomic E-state index is 13.5. The van der Waals surface area contributed by atoms with Gasteiger partial charge in [0.15, 0.2) is 0 Å². The molecule has 7 heteroatoms. The molecule has 0 spiro atoms. The number of alkyl halides is 3. The van der Waals surface area contributed by atoms with Crippen LogP contribution in [0.1, 0.15) is 32.6 Å². The predicted octanol–water partition coefficient (Wildman–Crippen LogP) is 7.11. The van der Waals surface area contributed by atoms with Gasteiger partial charge in [0.1, 0.15) is 5.75 Å². The summed E-state index contributed by atoms with van der Waals surface area (Å²) in [5.74, 6) is 0.195. The summed E-state index contributed by atoms with van der Waals surface area (Å²) in [6.45, 7) is 5.64. The van der Waals surface area contributed by atoms with Crippen molar-refractivity contribution in [2.75, 3.05) is 12.4 Å². The van der Waals surface area contributed by atoms with Crippen LogP contribution in [0, 0.1) is 20.8 Å². The number of pyridine rings is 1. The van der Waals surface area contributed by atoms with Gasteiger partial charge in [0.05, 0.1) is 29.4 Å². The fourth-order valence-electron chi connectivity index (χ4n) is 4.10. The molecule has 0 saturated carbocycles. The fraction of sp³-hybridized carbons (Fsp3) is 0.185. The van der Waals surface area contributed by atoms with Crippen LogP contribution in [-0.2, 0) is 6.18 Å². The van der Waals surface area contributed by atoms with Crippen LogP contribution in [0.3, 0.4) is 0 Å². The van der Waals surface area contributed by atoms with Crippen molar-refractivity contribution >= 4 is 22.5 Å². The number of rotatable bonds is 4. The van der Waals surface area contributed by atoms with Crippen molar-refractivity contribution in [3.63, 3.8) is 0 Å². The van der Waals surface area contributed by atoms with Crippen molar-refractivity contribution in [2.45, 2.75) is 26.9 Å². The van der Waals surface area contributed by atoms with Crippen molar-refractivity contribution in [1.82, 2.24) is 4.98 Å². The van der Waals surface area contributed by atoms with Crippen molar-refractivity contribution in [3.8, 4) is 17.0 Å². The van der Waals surface area contributed by atoms with Gasteiger partial charge in [-0.3, -0.25) is 4.79 Å². The number of halogens is 3. The average molecular weight is 464 g/mol. The predicted molar refractivity (Wildman–Crippen MR) is 127 cm³/mol. The number of aromatic nitrogens is 1. The zero-order valence-corrected chi connectivity index (χ0v) is 19.2. The lowest BCUT2D eigenvalue weighted by atomic mass is 9.94. The molecule has 0 fully saturated rings. The van der Waals surface area contributed by atoms with Gasteiger partial charge in [0.25, 0.3) is 5.91 Å². The van der Waals surface area contributed by atoms with Crippen LogP contribution in [0.25, 0.3) is 22.2 Å². The molecule has 0 radical (unpaired) electrons. The lowest BCUT2D eigenvalue weighted by molar-refractivity contribution is -0.137. The number of amides is 1. The van der Waals surface area contributed by atoms with Gasteiger partial charge in [-0.05, 0) is 80.4 Å². The molecule has 1 heterocycles. The maximum atomic E-state index is 13.5. The Morgan fingerprint density at radius 3 is 2.32 bits per heavy atom. The zero-order valence-electron chi connectivity index (χ0n) is 19.2. The molecule has 34 heavy (non-hydrogen) atoms. The molecule has 1 amide bonds. The number of nitrogens with zero attached hydrogens (tertiary/aromatic N) is 1. The summed E-state index contributed by atoms with van der Waals surface area (Å²) in [5.41, 5.74) is 4.19. The molecular formula is C27H23F3N2O2. The molecule has 3 aromatic carbocycles. The summed E-state index contributed by atoms with van der Waals surface area (Å²) < 4.78 is 44.7. The summed E-state index contributed by atoms with van der Waals surface area (Å²) in [4.78, 5) is 18.3. The van der Waals surface area contributed by atoms with E-state index in [4.69, 9.17) is 9.72 Å². The van der Waals surface area contributed by atoms with Gasteiger partial charge >= 0.3 is 6.18 Å². The van der Waals surface area contributed by atoms with Crippen LogP contribution in [0.2, 0.25) is 0 Å². The Kier molecular flexibility index (Phi) is 6.04. The number of ether oxygens (including phenoxy) is 1. The highest BCUT2D eigenvalue weighted by atomic mass is 19.4. The van der Waals surface area contributed by atoms with E-state index in [1.165, 1.54) is 12.1 Å². The summed E-state index contributed by atoms with van der Waals surface area (Å²) >= 11 is 0. The van der Waals surface area contributed by atoms with E-state index in [0.29, 0.717) is 33.5 Å². The molecule has 4 rings (SSSR count). The van der Waals surface area contributed by atoms with E-state index < -0.39 is 17.6 Å². The lowest BCUT2D eigenvalue weighted by Gasteiger charge is -2.17. The Morgan fingerprint density at radius 1 is 0.971 bits per heavy atom. The molecule has 0 bridgehead atoms. The maximum Gasteiger partial charge on any atom is 0.416 e. The molecule has 0 aliphatic heterocycles. The molecule has 174 valence electrons. The van der Waals surface area contributed by atoms with E-state index in [1.807, 2.05) is 50.2 Å². The quantitative estimate of drug-likeness (QED) is 0.350. The third-order valence-corrected chi connectivity index (χ3v) is 5.71. The molecule has 1 aromatic heterocycles. The number of nitrogens with one attached hydrogen (secondary N) is 1. The Bertz CT molecular complexity index is 1390. The highest BCUT2D eigenvalue weighted by Gasteiger charge is 2.30. The summed E-state index contributed by atoms with van der Waals surface area (Å²) in [5, 5.41) is 3.30. The third-order valence-electron chi connectivity index (χ3n) is 5.71. The highest BCUT2D eigenvalue weighted by Crippen LogP contribution is 2.34. The van der Waals surface area contributed by atoms with Crippen LogP contribution < -0.4 is 10.1 Å². The van der Waals surface area contributed by atoms with E-state index in [9.17, 15) is 18.0 Å². The standard InChI is InChI=1S/C27H23F3N2O2/c1-15-12-16(2)24-22(13-15)23(17(3)25(32-24)18-8-10-21(34-4)11-9-18)26(33)31-20-7-5-6-19(14-20)27(28,29)30/h5-14H,1-4H3,(H,31,33). The second kappa shape index (κ2) is 8.82. The largest absolute Gasteiger partial charge is 0.497 e. The van der Waals surface area contributed by atoms with E-state index >= 15 is 0 Å². The molecule has 0 saturated heterocycles. The third kappa shape index (κ3) is 4.46. The average Bonchev–Trinajstić information content (AvgIpc) is 2.78. The zero-order chi connectivity index (χ0) is 24.6. The molecule has 4 aromatic rings. The Balaban J connectivity index is 1.88. The first-order valence-corrected chi connectivity index (χ1v) is 10.6. The molecule has 1 N–H and O–H groups in total. The van der Waals surface area contributed by atoms with Gasteiger partial charge < -0.3 is 10.1 Å². The fourth-order valence-corrected chi connectivity index (χ4v) is 4.10. The monoisotopic (exact) mass is 464 g/mol. The lowest BCUT2D eigenvalue weighted by Crippen LogP contribution is -2.16. The van der Waals surface area contributed by atoms with Crippen molar-refractivity contribution in [3.05, 3.63) is 88.5 Å². The topological polar surface area (TPSA) is 51.2 Å². The minimum Gasteiger partial charge on any atom is -0.497 e. The van der Waals surface area contributed by atoms with Crippen LogP contribution in [0.5, 0.6) is 5.75 Å². The number of anilines is 1. The molecule has 0 atom stereocenters. The number of hydrogen-bond acceptors (Lipinski definition) is 3. The molecule has 4 nitrogen and oxygen atoms in total. The Labute approximate surface area is 195 Å². The first-order valence-electron chi connectivity index (χ1n) is 10.6. The number of fused-ring (bicyclic) bond motifs is 1. The second-order valence-electron chi connectivity index (χ2n) is 8.20. The van der Waals surface area contributed by atoms with Crippen molar-refractivity contribution in [2.24, 2.45) is 0 Å². The van der Waals surface area contributed by atoms with Gasteiger partial charge in [-0.25, -0.2) is 4.98 Å². The molecular weight excluding hydrogens is 441 g/mol. The summed E-state index contributed by atoms with van der Waals surface area (Å²) in [6.07, 6.45) is -4.50. The second-order valence-corrected chi connectivity index (χ2v) is 8.20. The minimum absolute atomic E-state index is 0.0690. The smallest absolute Gasteiger partial charge is 0.416 e. The van der Waals surface area contributed by atoms with Gasteiger partial charge in [-0.2, -0.15) is 13.2 Å². The Morgan fingerprint density at radius 2 is 1.68 bits per heavy atom. The minimum atomic E-state index is -4.50. The first kappa shape index (κ1) is 23.3. The normalized spacial score (nSPS) is 11.5. The van der Waals surface area contributed by atoms with Gasteiger partial charge in [0, 0.05) is 16.6 Å². The first-order chi connectivity index (χ1) is 16.1. The van der Waals surface area contributed by atoms with Crippen LogP contribution >= 0.6 is 0 Å². The van der Waals surface area contributed by atoms with Crippen LogP contribution in [0.15, 0.2) is 60.7 Å². The SMILES string of the molecule is COc1ccc(-c2nc3c(C)cc(C)cc3c(C(=O)Nc3cccc(C(F)(F)F)c3)c2C)cc1. The van der Waals surface area contributed by atoms with E-state index in [1.54, 1.807) is 14.0 Å². The highest BCUT2D eigenvalue weighted by molar-refractivity contribution is 6.15. The van der Waals surface area contributed by atoms with Gasteiger partial charge in [0.2, 0.25) is 0 Å². The molecule has 0 aliphatic rings. The van der Waals surface area contributed by atoms with E-state index in [-0.39, 0.29) is 5.69 Å². The van der Waals surface area contributed by atoms with E-state index in [2.05, 4.69) is 5.32 Å². The number of benzene rings is 3. The van der Waals surface area contributed by atoms with Crippen LogP contribution in [0.4, 0.5) is 18.9 Å². The number of hydrogen-bond donors (Lipinski definition) is 1. The van der Waals surface area contributed by atoms with Crippen molar-refractivity contribution < 1.29 is 22.7 Å². The summed E-state index contributed by atoms with van der Waals surface area (Å²) in [6, 6.07) is 15.8. The number of carbonyl (C=O) groups excluding carboxylic acids is 1. The van der Waals surface area contributed by atoms with Gasteiger partial charge in [-0.15, -0.1) is 0 Å². The van der Waals surface area contributed by atoms with Gasteiger partial charge in [-0.1, -0.05) is 17.7 Å². The number of aryl methyl sites for hydroxylation is 2. The number of methoxy groups -OCH3 is 1. The number of carbonyl (C=O) groups is 1. The molecule has 0 aliphatic carbocycles.